The molecular weight excluding hydrogens is 274 g/mol. The molecule has 0 aromatic heterocycles. The molecule has 1 aromatic carbocycles. The summed E-state index contributed by atoms with van der Waals surface area (Å²) in [6.45, 7) is 12.5. The van der Waals surface area contributed by atoms with Crippen molar-refractivity contribution in [3.8, 4) is 11.5 Å². The Morgan fingerprint density at radius 2 is 1.95 bits per heavy atom. The Hall–Kier alpha value is -1.48. The van der Waals surface area contributed by atoms with Crippen LogP contribution in [0.2, 0.25) is 0 Å². The van der Waals surface area contributed by atoms with Crippen molar-refractivity contribution in [1.29, 1.82) is 0 Å². The van der Waals surface area contributed by atoms with Gasteiger partial charge in [-0.25, -0.2) is 0 Å². The van der Waals surface area contributed by atoms with Gasteiger partial charge < -0.3 is 9.47 Å². The zero-order valence-corrected chi connectivity index (χ0v) is 14.2. The molecule has 1 fully saturated rings. The maximum absolute atomic E-state index is 5.94. The number of ether oxygens (including phenoxy) is 2. The molecule has 0 unspecified atom stereocenters. The maximum atomic E-state index is 5.94. The van der Waals surface area contributed by atoms with Gasteiger partial charge in [0, 0.05) is 19.6 Å². The molecule has 0 spiro atoms. The predicted molar refractivity (Wildman–Crippen MR) is 91.8 cm³/mol. The van der Waals surface area contributed by atoms with Gasteiger partial charge in [0.05, 0.1) is 7.11 Å². The summed E-state index contributed by atoms with van der Waals surface area (Å²) in [4.78, 5) is 2.51. The van der Waals surface area contributed by atoms with E-state index >= 15 is 0 Å². The smallest absolute Gasteiger partial charge is 0.161 e. The second kappa shape index (κ2) is 8.23. The van der Waals surface area contributed by atoms with Crippen molar-refractivity contribution in [3.63, 3.8) is 0 Å². The number of likely N-dealkylation sites (tertiary alicyclic amines) is 1. The largest absolute Gasteiger partial charge is 0.493 e. The molecule has 2 atom stereocenters. The van der Waals surface area contributed by atoms with Gasteiger partial charge in [-0.1, -0.05) is 26.0 Å². The van der Waals surface area contributed by atoms with Crippen molar-refractivity contribution in [2.45, 2.75) is 26.7 Å². The highest BCUT2D eigenvalue weighted by molar-refractivity contribution is 5.43. The lowest BCUT2D eigenvalue weighted by molar-refractivity contribution is 0.120. The molecule has 0 saturated carbocycles. The van der Waals surface area contributed by atoms with Gasteiger partial charge in [-0.15, -0.1) is 6.58 Å². The molecule has 0 N–H and O–H groups in total. The van der Waals surface area contributed by atoms with Gasteiger partial charge in [-0.2, -0.15) is 0 Å². The number of methoxy groups -OCH3 is 1. The van der Waals surface area contributed by atoms with Crippen LogP contribution in [0.1, 0.15) is 25.8 Å². The molecule has 0 bridgehead atoms. The van der Waals surface area contributed by atoms with Crippen molar-refractivity contribution >= 4 is 0 Å². The zero-order valence-electron chi connectivity index (χ0n) is 14.2. The van der Waals surface area contributed by atoms with Crippen molar-refractivity contribution in [1.82, 2.24) is 4.90 Å². The molecule has 0 amide bonds. The van der Waals surface area contributed by atoms with Gasteiger partial charge in [-0.05, 0) is 42.4 Å². The normalized spacial score (nSPS) is 22.3. The predicted octanol–water partition coefficient (Wildman–Crippen LogP) is 3.78. The molecular formula is C19H29NO2. The lowest BCUT2D eigenvalue weighted by atomic mass is 9.92. The first-order valence-corrected chi connectivity index (χ1v) is 8.25. The third-order valence-electron chi connectivity index (χ3n) is 4.22. The molecule has 1 aromatic rings. The van der Waals surface area contributed by atoms with Crippen LogP contribution in [0.15, 0.2) is 30.9 Å². The number of hydrogen-bond acceptors (Lipinski definition) is 3. The molecule has 2 rings (SSSR count). The monoisotopic (exact) mass is 303 g/mol. The third kappa shape index (κ3) is 4.77. The number of rotatable bonds is 7. The van der Waals surface area contributed by atoms with Gasteiger partial charge in [0.15, 0.2) is 11.5 Å². The average Bonchev–Trinajstić information content (AvgIpc) is 2.48. The van der Waals surface area contributed by atoms with Gasteiger partial charge in [0.25, 0.3) is 0 Å². The lowest BCUT2D eigenvalue weighted by Gasteiger charge is -2.34. The van der Waals surface area contributed by atoms with Crippen LogP contribution in [0.3, 0.4) is 0 Å². The lowest BCUT2D eigenvalue weighted by Crippen LogP contribution is -2.40. The summed E-state index contributed by atoms with van der Waals surface area (Å²) >= 11 is 0. The van der Waals surface area contributed by atoms with Crippen LogP contribution in [0, 0.1) is 11.8 Å². The Bertz CT molecular complexity index is 476. The number of benzene rings is 1. The van der Waals surface area contributed by atoms with Crippen LogP contribution in [-0.4, -0.2) is 38.3 Å². The van der Waals surface area contributed by atoms with Gasteiger partial charge >= 0.3 is 0 Å². The average molecular weight is 303 g/mol. The fraction of sp³-hybridized carbons (Fsp3) is 0.579. The van der Waals surface area contributed by atoms with Crippen molar-refractivity contribution in [2.75, 3.05) is 33.4 Å². The van der Waals surface area contributed by atoms with E-state index in [-0.39, 0.29) is 0 Å². The maximum Gasteiger partial charge on any atom is 0.161 e. The Morgan fingerprint density at radius 3 is 2.59 bits per heavy atom. The van der Waals surface area contributed by atoms with Crippen LogP contribution in [0.25, 0.3) is 0 Å². The number of nitrogens with zero attached hydrogens (tertiary/aromatic N) is 1. The summed E-state index contributed by atoms with van der Waals surface area (Å²) in [7, 11) is 1.69. The number of allylic oxidation sites excluding steroid dienone is 1. The Balaban J connectivity index is 1.87. The second-order valence-corrected chi connectivity index (χ2v) is 6.53. The first kappa shape index (κ1) is 16.9. The molecule has 1 heterocycles. The van der Waals surface area contributed by atoms with Crippen LogP contribution in [0.5, 0.6) is 11.5 Å². The quantitative estimate of drug-likeness (QED) is 0.716. The van der Waals surface area contributed by atoms with E-state index in [2.05, 4.69) is 31.4 Å². The summed E-state index contributed by atoms with van der Waals surface area (Å²) in [5.41, 5.74) is 1.19. The van der Waals surface area contributed by atoms with E-state index < -0.39 is 0 Å². The summed E-state index contributed by atoms with van der Waals surface area (Å²) in [5, 5.41) is 0. The number of piperidine rings is 1. The fourth-order valence-electron chi connectivity index (χ4n) is 3.38. The molecule has 3 nitrogen and oxygen atoms in total. The van der Waals surface area contributed by atoms with Crippen molar-refractivity contribution in [3.05, 3.63) is 36.4 Å². The summed E-state index contributed by atoms with van der Waals surface area (Å²) in [6.07, 6.45) is 4.09. The van der Waals surface area contributed by atoms with Crippen LogP contribution in [0.4, 0.5) is 0 Å². The van der Waals surface area contributed by atoms with E-state index in [0.29, 0.717) is 6.61 Å². The zero-order chi connectivity index (χ0) is 15.9. The SMILES string of the molecule is C=CCc1ccc(OCCN2C[C@@H](C)C[C@H](C)C2)c(OC)c1. The Morgan fingerprint density at radius 1 is 1.23 bits per heavy atom. The van der Waals surface area contributed by atoms with Crippen LogP contribution in [-0.2, 0) is 6.42 Å². The molecule has 0 aliphatic carbocycles. The molecule has 1 aliphatic heterocycles. The highest BCUT2D eigenvalue weighted by Gasteiger charge is 2.21. The van der Waals surface area contributed by atoms with E-state index in [1.807, 2.05) is 18.2 Å². The molecule has 3 heteroatoms. The Labute approximate surface area is 134 Å². The minimum Gasteiger partial charge on any atom is -0.493 e. The highest BCUT2D eigenvalue weighted by atomic mass is 16.5. The summed E-state index contributed by atoms with van der Waals surface area (Å²) in [6, 6.07) is 6.10. The second-order valence-electron chi connectivity index (χ2n) is 6.53. The molecule has 22 heavy (non-hydrogen) atoms. The fourth-order valence-corrected chi connectivity index (χ4v) is 3.38. The number of hydrogen-bond donors (Lipinski definition) is 0. The van der Waals surface area contributed by atoms with Crippen LogP contribution >= 0.6 is 0 Å². The third-order valence-corrected chi connectivity index (χ3v) is 4.22. The van der Waals surface area contributed by atoms with Crippen LogP contribution < -0.4 is 9.47 Å². The highest BCUT2D eigenvalue weighted by Crippen LogP contribution is 2.28. The van der Waals surface area contributed by atoms with Crippen molar-refractivity contribution in [2.24, 2.45) is 11.8 Å². The van der Waals surface area contributed by atoms with E-state index in [1.165, 1.54) is 25.1 Å². The minimum absolute atomic E-state index is 0.705. The molecule has 122 valence electrons. The van der Waals surface area contributed by atoms with E-state index in [1.54, 1.807) is 7.11 Å². The first-order valence-electron chi connectivity index (χ1n) is 8.25. The van der Waals surface area contributed by atoms with Gasteiger partial charge in [0.1, 0.15) is 6.61 Å². The molecule has 0 radical (unpaired) electrons. The summed E-state index contributed by atoms with van der Waals surface area (Å²) < 4.78 is 11.4. The van der Waals surface area contributed by atoms with Gasteiger partial charge in [-0.3, -0.25) is 4.90 Å². The van der Waals surface area contributed by atoms with Crippen molar-refractivity contribution < 1.29 is 9.47 Å². The molecule has 1 aliphatic rings. The summed E-state index contributed by atoms with van der Waals surface area (Å²) in [5.74, 6) is 3.21. The van der Waals surface area contributed by atoms with Gasteiger partial charge in [0.2, 0.25) is 0 Å². The topological polar surface area (TPSA) is 21.7 Å². The minimum atomic E-state index is 0.705. The molecule has 1 saturated heterocycles. The van der Waals surface area contributed by atoms with E-state index in [9.17, 15) is 0 Å². The first-order chi connectivity index (χ1) is 10.6. The van der Waals surface area contributed by atoms with E-state index in [0.717, 1.165) is 36.3 Å². The Kier molecular flexibility index (Phi) is 6.32. The standard InChI is InChI=1S/C19H29NO2/c1-5-6-17-7-8-18(19(12-17)21-4)22-10-9-20-13-15(2)11-16(3)14-20/h5,7-8,12,15-16H,1,6,9-11,13-14H2,2-4H3/t15-,16-/m0/s1. The van der Waals surface area contributed by atoms with E-state index in [4.69, 9.17) is 9.47 Å².